The summed E-state index contributed by atoms with van der Waals surface area (Å²) in [6.07, 6.45) is 2.49. The molecular formula is C22H21ClN6OS. The number of hydrogen-bond donors (Lipinski definition) is 0. The fourth-order valence-electron chi connectivity index (χ4n) is 3.62. The first kappa shape index (κ1) is 20.2. The average Bonchev–Trinajstić information content (AvgIpc) is 3.55. The third-order valence-corrected chi connectivity index (χ3v) is 6.35. The second-order valence-electron chi connectivity index (χ2n) is 7.36. The van der Waals surface area contributed by atoms with E-state index in [1.54, 1.807) is 23.9 Å². The third kappa shape index (κ3) is 4.66. The molecule has 31 heavy (non-hydrogen) atoms. The van der Waals surface area contributed by atoms with Crippen LogP contribution in [0.5, 0.6) is 0 Å². The first-order valence-corrected chi connectivity index (χ1v) is 11.6. The zero-order valence-corrected chi connectivity index (χ0v) is 18.4. The molecule has 9 heteroatoms. The van der Waals surface area contributed by atoms with Crippen molar-refractivity contribution in [2.75, 3.05) is 13.1 Å². The summed E-state index contributed by atoms with van der Waals surface area (Å²) in [6, 6.07) is 17.6. The number of para-hydroxylation sites is 1. The lowest BCUT2D eigenvalue weighted by atomic mass is 10.2. The molecule has 0 amide bonds. The number of likely N-dealkylation sites (tertiary alicyclic amines) is 1. The van der Waals surface area contributed by atoms with Crippen LogP contribution in [-0.2, 0) is 12.3 Å². The van der Waals surface area contributed by atoms with Gasteiger partial charge in [-0.25, -0.2) is 0 Å². The van der Waals surface area contributed by atoms with E-state index >= 15 is 0 Å². The summed E-state index contributed by atoms with van der Waals surface area (Å²) < 4.78 is 7.55. The number of thioether (sulfide) groups is 1. The Morgan fingerprint density at radius 1 is 0.968 bits per heavy atom. The smallest absolute Gasteiger partial charge is 0.257 e. The molecule has 4 aromatic rings. The monoisotopic (exact) mass is 452 g/mol. The van der Waals surface area contributed by atoms with E-state index in [0.29, 0.717) is 22.5 Å². The lowest BCUT2D eigenvalue weighted by Crippen LogP contribution is -2.21. The SMILES string of the molecule is Clc1ccc(-c2nc(CSc3nnc(CN4CCCC4)n3-c3ccccc3)no2)cc1. The Hall–Kier alpha value is -2.68. The van der Waals surface area contributed by atoms with Gasteiger partial charge in [0.1, 0.15) is 0 Å². The van der Waals surface area contributed by atoms with E-state index in [2.05, 4.69) is 41.9 Å². The molecule has 5 rings (SSSR count). The van der Waals surface area contributed by atoms with Crippen LogP contribution in [0.2, 0.25) is 5.02 Å². The lowest BCUT2D eigenvalue weighted by Gasteiger charge is -2.15. The Labute approximate surface area is 189 Å². The number of aromatic nitrogens is 5. The molecule has 2 aromatic carbocycles. The molecular weight excluding hydrogens is 432 g/mol. The highest BCUT2D eigenvalue weighted by Gasteiger charge is 2.20. The van der Waals surface area contributed by atoms with Crippen LogP contribution in [0.1, 0.15) is 24.5 Å². The lowest BCUT2D eigenvalue weighted by molar-refractivity contribution is 0.319. The summed E-state index contributed by atoms with van der Waals surface area (Å²) in [7, 11) is 0. The van der Waals surface area contributed by atoms with Gasteiger partial charge in [-0.3, -0.25) is 9.47 Å². The molecule has 0 bridgehead atoms. The molecule has 1 fully saturated rings. The van der Waals surface area contributed by atoms with Crippen molar-refractivity contribution in [2.45, 2.75) is 30.3 Å². The van der Waals surface area contributed by atoms with Gasteiger partial charge in [-0.2, -0.15) is 4.98 Å². The normalized spacial score (nSPS) is 14.4. The predicted octanol–water partition coefficient (Wildman–Crippen LogP) is 4.86. The summed E-state index contributed by atoms with van der Waals surface area (Å²) in [6.45, 7) is 3.02. The van der Waals surface area contributed by atoms with Crippen molar-refractivity contribution in [3.63, 3.8) is 0 Å². The van der Waals surface area contributed by atoms with Gasteiger partial charge < -0.3 is 4.52 Å². The molecule has 0 aliphatic carbocycles. The maximum atomic E-state index is 5.95. The van der Waals surface area contributed by atoms with Crippen molar-refractivity contribution >= 4 is 23.4 Å². The van der Waals surface area contributed by atoms with Crippen molar-refractivity contribution in [3.8, 4) is 17.1 Å². The van der Waals surface area contributed by atoms with Crippen LogP contribution in [0, 0.1) is 0 Å². The topological polar surface area (TPSA) is 72.9 Å². The van der Waals surface area contributed by atoms with Crippen LogP contribution in [0.15, 0.2) is 64.3 Å². The summed E-state index contributed by atoms with van der Waals surface area (Å²) in [5.41, 5.74) is 1.90. The van der Waals surface area contributed by atoms with Gasteiger partial charge in [0.25, 0.3) is 5.89 Å². The zero-order chi connectivity index (χ0) is 21.0. The van der Waals surface area contributed by atoms with Crippen molar-refractivity contribution in [1.29, 1.82) is 0 Å². The quantitative estimate of drug-likeness (QED) is 0.371. The van der Waals surface area contributed by atoms with Crippen LogP contribution in [0.25, 0.3) is 17.1 Å². The van der Waals surface area contributed by atoms with Gasteiger partial charge in [-0.1, -0.05) is 46.7 Å². The van der Waals surface area contributed by atoms with Gasteiger partial charge in [0.15, 0.2) is 16.8 Å². The summed E-state index contributed by atoms with van der Waals surface area (Å²) >= 11 is 7.50. The van der Waals surface area contributed by atoms with Crippen LogP contribution >= 0.6 is 23.4 Å². The Morgan fingerprint density at radius 2 is 1.74 bits per heavy atom. The van der Waals surface area contributed by atoms with E-state index in [-0.39, 0.29) is 0 Å². The minimum Gasteiger partial charge on any atom is -0.334 e. The Kier molecular flexibility index (Phi) is 6.01. The van der Waals surface area contributed by atoms with E-state index in [1.807, 2.05) is 30.3 Å². The maximum absolute atomic E-state index is 5.95. The molecule has 158 valence electrons. The second kappa shape index (κ2) is 9.21. The third-order valence-electron chi connectivity index (χ3n) is 5.17. The highest BCUT2D eigenvalue weighted by Crippen LogP contribution is 2.27. The molecule has 3 heterocycles. The van der Waals surface area contributed by atoms with Gasteiger partial charge in [0, 0.05) is 16.3 Å². The fourth-order valence-corrected chi connectivity index (χ4v) is 4.56. The second-order valence-corrected chi connectivity index (χ2v) is 8.74. The minimum atomic E-state index is 0.478. The molecule has 1 aliphatic heterocycles. The summed E-state index contributed by atoms with van der Waals surface area (Å²) in [5, 5.41) is 14.6. The first-order valence-electron chi connectivity index (χ1n) is 10.2. The number of halogens is 1. The van der Waals surface area contributed by atoms with Crippen LogP contribution in [0.4, 0.5) is 0 Å². The van der Waals surface area contributed by atoms with Gasteiger partial charge in [-0.05, 0) is 62.3 Å². The predicted molar refractivity (Wildman–Crippen MR) is 120 cm³/mol. The highest BCUT2D eigenvalue weighted by atomic mass is 35.5. The van der Waals surface area contributed by atoms with E-state index < -0.39 is 0 Å². The molecule has 7 nitrogen and oxygen atoms in total. The molecule has 1 aliphatic rings. The van der Waals surface area contributed by atoms with E-state index in [1.165, 1.54) is 12.8 Å². The fraction of sp³-hybridized carbons (Fsp3) is 0.273. The number of nitrogens with zero attached hydrogens (tertiary/aromatic N) is 6. The van der Waals surface area contributed by atoms with Crippen LogP contribution in [0.3, 0.4) is 0 Å². The van der Waals surface area contributed by atoms with Crippen LogP contribution in [-0.4, -0.2) is 42.9 Å². The van der Waals surface area contributed by atoms with Gasteiger partial charge in [0.2, 0.25) is 0 Å². The molecule has 0 saturated carbocycles. The van der Waals surface area contributed by atoms with Gasteiger partial charge in [0.05, 0.1) is 12.3 Å². The Morgan fingerprint density at radius 3 is 2.52 bits per heavy atom. The van der Waals surface area contributed by atoms with E-state index in [4.69, 9.17) is 16.1 Å². The number of hydrogen-bond acceptors (Lipinski definition) is 7. The minimum absolute atomic E-state index is 0.478. The molecule has 0 N–H and O–H groups in total. The zero-order valence-electron chi connectivity index (χ0n) is 16.8. The molecule has 2 aromatic heterocycles. The van der Waals surface area contributed by atoms with E-state index in [0.717, 1.165) is 41.9 Å². The summed E-state index contributed by atoms with van der Waals surface area (Å²) in [5.74, 6) is 2.57. The number of benzene rings is 2. The molecule has 0 radical (unpaired) electrons. The molecule has 1 saturated heterocycles. The van der Waals surface area contributed by atoms with Gasteiger partial charge in [-0.15, -0.1) is 10.2 Å². The average molecular weight is 453 g/mol. The number of rotatable bonds is 7. The first-order chi connectivity index (χ1) is 15.3. The molecule has 0 spiro atoms. The Bertz CT molecular complexity index is 1140. The maximum Gasteiger partial charge on any atom is 0.257 e. The van der Waals surface area contributed by atoms with Gasteiger partial charge >= 0.3 is 0 Å². The van der Waals surface area contributed by atoms with Crippen molar-refractivity contribution in [2.24, 2.45) is 0 Å². The summed E-state index contributed by atoms with van der Waals surface area (Å²) in [4.78, 5) is 6.94. The molecule has 0 atom stereocenters. The van der Waals surface area contributed by atoms with Crippen molar-refractivity contribution in [1.82, 2.24) is 29.8 Å². The largest absolute Gasteiger partial charge is 0.334 e. The molecule has 0 unspecified atom stereocenters. The van der Waals surface area contributed by atoms with E-state index in [9.17, 15) is 0 Å². The standard InChI is InChI=1S/C22H21ClN6OS/c23-17-10-8-16(9-11-17)21-24-19(27-30-21)15-31-22-26-25-20(14-28-12-4-5-13-28)29(22)18-6-2-1-3-7-18/h1-3,6-11H,4-5,12-15H2. The highest BCUT2D eigenvalue weighted by molar-refractivity contribution is 7.98. The van der Waals surface area contributed by atoms with Crippen LogP contribution < -0.4 is 0 Å². The van der Waals surface area contributed by atoms with Crippen molar-refractivity contribution in [3.05, 3.63) is 71.3 Å². The van der Waals surface area contributed by atoms with Crippen molar-refractivity contribution < 1.29 is 4.52 Å². The Balaban J connectivity index is 1.35.